The fraction of sp³-hybridized carbons (Fsp3) is 0.400. The van der Waals surface area contributed by atoms with Crippen molar-refractivity contribution in [3.8, 4) is 12.3 Å². The first kappa shape index (κ1) is 16.7. The fourth-order valence-electron chi connectivity index (χ4n) is 2.62. The molecule has 1 aliphatic rings. The highest BCUT2D eigenvalue weighted by atomic mass is 32.2. The Morgan fingerprint density at radius 1 is 1.58 bits per heavy atom. The summed E-state index contributed by atoms with van der Waals surface area (Å²) in [5.74, 6) is 8.74. The van der Waals surface area contributed by atoms with Crippen molar-refractivity contribution in [1.82, 2.24) is 14.6 Å². The van der Waals surface area contributed by atoms with Crippen LogP contribution in [0.25, 0.3) is 10.2 Å². The summed E-state index contributed by atoms with van der Waals surface area (Å²) in [5, 5.41) is 0.942. The zero-order valence-electron chi connectivity index (χ0n) is 13.1. The molecule has 0 radical (unpaired) electrons. The van der Waals surface area contributed by atoms with Crippen LogP contribution in [0.2, 0.25) is 0 Å². The molecular formula is C15H16N4O3S2. The van der Waals surface area contributed by atoms with Gasteiger partial charge in [0.15, 0.2) is 5.16 Å². The van der Waals surface area contributed by atoms with Gasteiger partial charge >= 0.3 is 6.09 Å². The monoisotopic (exact) mass is 364 g/mol. The number of aromatic nitrogens is 2. The zero-order valence-corrected chi connectivity index (χ0v) is 14.7. The van der Waals surface area contributed by atoms with Crippen molar-refractivity contribution < 1.29 is 9.53 Å². The topological polar surface area (TPSA) is 90.5 Å². The van der Waals surface area contributed by atoms with Gasteiger partial charge < -0.3 is 15.5 Å². The van der Waals surface area contributed by atoms with Crippen molar-refractivity contribution in [3.63, 3.8) is 0 Å². The van der Waals surface area contributed by atoms with E-state index in [9.17, 15) is 9.59 Å². The summed E-state index contributed by atoms with van der Waals surface area (Å²) in [7, 11) is 0. The normalized spacial score (nSPS) is 13.6. The van der Waals surface area contributed by atoms with Crippen LogP contribution in [0.3, 0.4) is 0 Å². The minimum Gasteiger partial charge on any atom is -0.450 e. The van der Waals surface area contributed by atoms with Gasteiger partial charge in [-0.2, -0.15) is 0 Å². The number of nitrogens with two attached hydrogens (primary N) is 1. The molecule has 0 aromatic carbocycles. The first-order valence-corrected chi connectivity index (χ1v) is 9.17. The summed E-state index contributed by atoms with van der Waals surface area (Å²) in [4.78, 5) is 32.2. The number of fused-ring (bicyclic) bond motifs is 3. The van der Waals surface area contributed by atoms with Gasteiger partial charge in [-0.25, -0.2) is 14.5 Å². The van der Waals surface area contributed by atoms with Gasteiger partial charge in [-0.3, -0.25) is 4.79 Å². The van der Waals surface area contributed by atoms with Crippen LogP contribution in [-0.2, 0) is 17.7 Å². The van der Waals surface area contributed by atoms with Gasteiger partial charge in [0.2, 0.25) is 0 Å². The number of hydrogen-bond donors (Lipinski definition) is 1. The Balaban J connectivity index is 2.01. The van der Waals surface area contributed by atoms with Gasteiger partial charge in [-0.1, -0.05) is 17.7 Å². The summed E-state index contributed by atoms with van der Waals surface area (Å²) >= 11 is 2.66. The van der Waals surface area contributed by atoms with Crippen LogP contribution < -0.4 is 11.4 Å². The van der Waals surface area contributed by atoms with Gasteiger partial charge in [-0.05, 0) is 18.9 Å². The van der Waals surface area contributed by atoms with E-state index in [0.29, 0.717) is 47.2 Å². The molecule has 1 aliphatic heterocycles. The SMILES string of the molecule is C#CCSc1nc2sc3c(c2c(=O)n1N)CCN(C(=O)OCC)C3. The lowest BCUT2D eigenvalue weighted by Crippen LogP contribution is -2.36. The highest BCUT2D eigenvalue weighted by molar-refractivity contribution is 7.99. The molecule has 2 N–H and O–H groups in total. The van der Waals surface area contributed by atoms with Gasteiger partial charge in [0.05, 0.1) is 24.3 Å². The molecular weight excluding hydrogens is 348 g/mol. The second-order valence-electron chi connectivity index (χ2n) is 5.12. The maximum absolute atomic E-state index is 12.6. The smallest absolute Gasteiger partial charge is 0.410 e. The lowest BCUT2D eigenvalue weighted by atomic mass is 10.1. The number of amides is 1. The number of carbonyl (C=O) groups excluding carboxylic acids is 1. The van der Waals surface area contributed by atoms with Gasteiger partial charge in [0, 0.05) is 11.4 Å². The maximum atomic E-state index is 12.6. The maximum Gasteiger partial charge on any atom is 0.410 e. The second kappa shape index (κ2) is 6.75. The third-order valence-corrected chi connectivity index (χ3v) is 5.65. The average Bonchev–Trinajstić information content (AvgIpc) is 2.94. The molecule has 0 spiro atoms. The summed E-state index contributed by atoms with van der Waals surface area (Å²) in [6.45, 7) is 3.04. The van der Waals surface area contributed by atoms with E-state index in [0.717, 1.165) is 15.1 Å². The standard InChI is InChI=1S/C15H16N4O3S2/c1-3-7-23-14-17-12-11(13(20)19(14)16)9-5-6-18(8-10(9)24-12)15(21)22-4-2/h1H,4-8,16H2,2H3. The molecule has 0 unspecified atom stereocenters. The van der Waals surface area contributed by atoms with E-state index in [1.165, 1.54) is 23.1 Å². The van der Waals surface area contributed by atoms with Crippen molar-refractivity contribution in [1.29, 1.82) is 0 Å². The molecule has 0 aliphatic carbocycles. The van der Waals surface area contributed by atoms with Crippen LogP contribution in [0, 0.1) is 12.3 Å². The molecule has 0 bridgehead atoms. The lowest BCUT2D eigenvalue weighted by Gasteiger charge is -2.25. The summed E-state index contributed by atoms with van der Waals surface area (Å²) < 4.78 is 6.10. The zero-order chi connectivity index (χ0) is 17.3. The van der Waals surface area contributed by atoms with E-state index in [1.807, 2.05) is 0 Å². The van der Waals surface area contributed by atoms with Crippen LogP contribution in [0.4, 0.5) is 4.79 Å². The Labute approximate surface area is 146 Å². The van der Waals surface area contributed by atoms with E-state index >= 15 is 0 Å². The lowest BCUT2D eigenvalue weighted by molar-refractivity contribution is 0.103. The first-order valence-electron chi connectivity index (χ1n) is 7.37. The van der Waals surface area contributed by atoms with E-state index in [1.54, 1.807) is 11.8 Å². The number of carbonyl (C=O) groups is 1. The predicted molar refractivity (Wildman–Crippen MR) is 94.7 cm³/mol. The largest absolute Gasteiger partial charge is 0.450 e. The fourth-order valence-corrected chi connectivity index (χ4v) is 4.49. The average molecular weight is 364 g/mol. The first-order chi connectivity index (χ1) is 11.6. The number of thiophene rings is 1. The molecule has 0 saturated carbocycles. The Morgan fingerprint density at radius 3 is 3.08 bits per heavy atom. The van der Waals surface area contributed by atoms with Crippen molar-refractivity contribution in [3.05, 3.63) is 20.8 Å². The van der Waals surface area contributed by atoms with Crippen molar-refractivity contribution >= 4 is 39.4 Å². The number of terminal acetylenes is 1. The number of thioether (sulfide) groups is 1. The minimum atomic E-state index is -0.338. The molecule has 0 fully saturated rings. The molecule has 3 heterocycles. The van der Waals surface area contributed by atoms with E-state index in [-0.39, 0.29) is 11.7 Å². The number of ether oxygens (including phenoxy) is 1. The molecule has 9 heteroatoms. The van der Waals surface area contributed by atoms with E-state index in [4.69, 9.17) is 17.0 Å². The quantitative estimate of drug-likeness (QED) is 0.383. The van der Waals surface area contributed by atoms with Crippen LogP contribution in [0.15, 0.2) is 9.95 Å². The number of nitrogen functional groups attached to an aromatic ring is 1. The van der Waals surface area contributed by atoms with Crippen LogP contribution >= 0.6 is 23.1 Å². The molecule has 2 aromatic rings. The van der Waals surface area contributed by atoms with E-state index < -0.39 is 0 Å². The van der Waals surface area contributed by atoms with E-state index in [2.05, 4.69) is 10.9 Å². The van der Waals surface area contributed by atoms with Crippen LogP contribution in [0.5, 0.6) is 0 Å². The Kier molecular flexibility index (Phi) is 4.69. The van der Waals surface area contributed by atoms with Gasteiger partial charge in [-0.15, -0.1) is 17.8 Å². The third-order valence-electron chi connectivity index (χ3n) is 3.68. The molecule has 2 aromatic heterocycles. The highest BCUT2D eigenvalue weighted by Crippen LogP contribution is 2.33. The second-order valence-corrected chi connectivity index (χ2v) is 7.14. The molecule has 0 saturated heterocycles. The Morgan fingerprint density at radius 2 is 2.38 bits per heavy atom. The minimum absolute atomic E-state index is 0.276. The summed E-state index contributed by atoms with van der Waals surface area (Å²) in [6, 6.07) is 0. The van der Waals surface area contributed by atoms with Crippen molar-refractivity contribution in [2.45, 2.75) is 25.0 Å². The number of rotatable bonds is 3. The summed E-state index contributed by atoms with van der Waals surface area (Å²) in [6.07, 6.45) is 5.50. The molecule has 24 heavy (non-hydrogen) atoms. The van der Waals surface area contributed by atoms with Crippen molar-refractivity contribution in [2.24, 2.45) is 0 Å². The van der Waals surface area contributed by atoms with Gasteiger partial charge in [0.1, 0.15) is 4.83 Å². The molecule has 0 atom stereocenters. The molecule has 126 valence electrons. The van der Waals surface area contributed by atoms with Crippen LogP contribution in [0.1, 0.15) is 17.4 Å². The van der Waals surface area contributed by atoms with Gasteiger partial charge in [0.25, 0.3) is 5.56 Å². The van der Waals surface area contributed by atoms with Crippen LogP contribution in [-0.4, -0.2) is 39.6 Å². The molecule has 7 nitrogen and oxygen atoms in total. The number of nitrogens with zero attached hydrogens (tertiary/aromatic N) is 3. The number of hydrogen-bond acceptors (Lipinski definition) is 7. The summed E-state index contributed by atoms with van der Waals surface area (Å²) in [5.41, 5.74) is 0.655. The predicted octanol–water partition coefficient (Wildman–Crippen LogP) is 1.41. The third kappa shape index (κ3) is 2.83. The molecule has 3 rings (SSSR count). The molecule has 1 amide bonds. The highest BCUT2D eigenvalue weighted by Gasteiger charge is 2.27. The Hall–Kier alpha value is -2.18. The Bertz CT molecular complexity index is 897. The van der Waals surface area contributed by atoms with Crippen molar-refractivity contribution in [2.75, 3.05) is 24.7 Å².